The van der Waals surface area contributed by atoms with Crippen LogP contribution in [-0.2, 0) is 0 Å². The summed E-state index contributed by atoms with van der Waals surface area (Å²) in [7, 11) is 0. The van der Waals surface area contributed by atoms with E-state index in [1.54, 1.807) is 11.3 Å². The first-order chi connectivity index (χ1) is 29.3. The minimum absolute atomic E-state index is 0.572. The summed E-state index contributed by atoms with van der Waals surface area (Å²) < 4.78 is 4.64. The van der Waals surface area contributed by atoms with Gasteiger partial charge in [-0.3, -0.25) is 4.57 Å². The number of hydrogen-bond acceptors (Lipinski definition) is 5. The summed E-state index contributed by atoms with van der Waals surface area (Å²) in [6, 6.07) is 70.8. The molecule has 12 aromatic rings. The zero-order valence-electron chi connectivity index (χ0n) is 31.7. The number of rotatable bonds is 6. The molecular weight excluding hydrogens is 739 g/mol. The van der Waals surface area contributed by atoms with Gasteiger partial charge in [0, 0.05) is 59.1 Å². The third-order valence-corrected chi connectivity index (χ3v) is 12.6. The second kappa shape index (κ2) is 13.5. The van der Waals surface area contributed by atoms with Crippen LogP contribution < -0.4 is 4.90 Å². The standard InChI is InChI=1S/C53H33N5S/c1-4-17-35(18-5-1)51-54-52(44-32-36-19-11-13-25-41(36)49-42-26-14-15-27-47(42)59-50(44)49)56-53(55-51)58-45-31-29-39(57(37-20-6-2-7-21-37)38-22-8-3-9-23-38)33-43(45)48-40-24-12-10-16-34(40)28-30-46(48)58/h1-33H. The van der Waals surface area contributed by atoms with Crippen LogP contribution >= 0.6 is 11.3 Å². The molecule has 0 aliphatic rings. The molecule has 0 aliphatic carbocycles. The molecule has 0 aliphatic heterocycles. The van der Waals surface area contributed by atoms with Crippen molar-refractivity contribution in [3.05, 3.63) is 200 Å². The molecule has 5 nitrogen and oxygen atoms in total. The van der Waals surface area contributed by atoms with E-state index in [0.29, 0.717) is 17.6 Å². The van der Waals surface area contributed by atoms with Gasteiger partial charge in [-0.2, -0.15) is 9.97 Å². The number of benzene rings is 9. The number of thiophene rings is 1. The zero-order chi connectivity index (χ0) is 38.9. The maximum absolute atomic E-state index is 5.47. The van der Waals surface area contributed by atoms with Crippen molar-refractivity contribution in [1.29, 1.82) is 0 Å². The molecule has 0 bridgehead atoms. The number of hydrogen-bond donors (Lipinski definition) is 0. The molecule has 59 heavy (non-hydrogen) atoms. The molecule has 3 heterocycles. The third kappa shape index (κ3) is 5.42. The Labute approximate surface area is 343 Å². The van der Waals surface area contributed by atoms with Crippen LogP contribution in [0.5, 0.6) is 0 Å². The van der Waals surface area contributed by atoms with Gasteiger partial charge < -0.3 is 4.90 Å². The van der Waals surface area contributed by atoms with Gasteiger partial charge in [-0.05, 0) is 82.2 Å². The first-order valence-electron chi connectivity index (χ1n) is 19.8. The Hall–Kier alpha value is -7.67. The van der Waals surface area contributed by atoms with Gasteiger partial charge in [-0.15, -0.1) is 11.3 Å². The molecule has 0 atom stereocenters. The Morgan fingerprint density at radius 2 is 1.00 bits per heavy atom. The Bertz CT molecular complexity index is 3520. The number of para-hydroxylation sites is 2. The molecule has 12 rings (SSSR count). The van der Waals surface area contributed by atoms with E-state index >= 15 is 0 Å². The van der Waals surface area contributed by atoms with E-state index in [4.69, 9.17) is 15.0 Å². The lowest BCUT2D eigenvalue weighted by Gasteiger charge is -2.25. The van der Waals surface area contributed by atoms with Crippen LogP contribution in [0.4, 0.5) is 17.1 Å². The predicted octanol–water partition coefficient (Wildman–Crippen LogP) is 14.4. The first-order valence-corrected chi connectivity index (χ1v) is 20.6. The normalized spacial score (nSPS) is 11.7. The highest BCUT2D eigenvalue weighted by atomic mass is 32.1. The summed E-state index contributed by atoms with van der Waals surface area (Å²) in [4.78, 5) is 18.4. The summed E-state index contributed by atoms with van der Waals surface area (Å²) in [5.41, 5.74) is 7.21. The summed E-state index contributed by atoms with van der Waals surface area (Å²) in [6.07, 6.45) is 0. The number of fused-ring (bicyclic) bond motifs is 10. The van der Waals surface area contributed by atoms with Crippen LogP contribution in [0.1, 0.15) is 0 Å². The van der Waals surface area contributed by atoms with Gasteiger partial charge in [0.2, 0.25) is 5.95 Å². The number of anilines is 3. The van der Waals surface area contributed by atoms with Crippen LogP contribution in [-0.4, -0.2) is 19.5 Å². The molecule has 9 aromatic carbocycles. The number of aromatic nitrogens is 4. The molecule has 0 unspecified atom stereocenters. The Kier molecular flexibility index (Phi) is 7.64. The molecule has 0 N–H and O–H groups in total. The van der Waals surface area contributed by atoms with Crippen molar-refractivity contribution < 1.29 is 0 Å². The molecule has 0 saturated carbocycles. The fourth-order valence-electron chi connectivity index (χ4n) is 8.78. The average Bonchev–Trinajstić information content (AvgIpc) is 3.86. The molecule has 0 amide bonds. The van der Waals surface area contributed by atoms with Gasteiger partial charge >= 0.3 is 0 Å². The van der Waals surface area contributed by atoms with Crippen LogP contribution in [0.25, 0.3) is 92.2 Å². The Balaban J connectivity index is 1.17. The zero-order valence-corrected chi connectivity index (χ0v) is 32.5. The van der Waals surface area contributed by atoms with E-state index in [-0.39, 0.29) is 0 Å². The van der Waals surface area contributed by atoms with Crippen molar-refractivity contribution in [2.24, 2.45) is 0 Å². The van der Waals surface area contributed by atoms with Gasteiger partial charge in [0.1, 0.15) is 0 Å². The van der Waals surface area contributed by atoms with Crippen molar-refractivity contribution in [2.75, 3.05) is 4.90 Å². The largest absolute Gasteiger partial charge is 0.310 e. The van der Waals surface area contributed by atoms with E-state index in [1.807, 2.05) is 18.2 Å². The molecule has 0 radical (unpaired) electrons. The molecule has 276 valence electrons. The fraction of sp³-hybridized carbons (Fsp3) is 0. The minimum atomic E-state index is 0.572. The van der Waals surface area contributed by atoms with Gasteiger partial charge in [0.25, 0.3) is 0 Å². The van der Waals surface area contributed by atoms with Crippen molar-refractivity contribution in [1.82, 2.24) is 19.5 Å². The van der Waals surface area contributed by atoms with Gasteiger partial charge in [0.15, 0.2) is 11.6 Å². The third-order valence-electron chi connectivity index (χ3n) is 11.4. The van der Waals surface area contributed by atoms with Gasteiger partial charge in [-0.25, -0.2) is 4.98 Å². The molecule has 0 spiro atoms. The van der Waals surface area contributed by atoms with E-state index < -0.39 is 0 Å². The highest BCUT2D eigenvalue weighted by Gasteiger charge is 2.23. The fourth-order valence-corrected chi connectivity index (χ4v) is 10.0. The second-order valence-electron chi connectivity index (χ2n) is 14.8. The minimum Gasteiger partial charge on any atom is -0.310 e. The van der Waals surface area contributed by atoms with E-state index in [1.165, 1.54) is 36.3 Å². The molecule has 3 aromatic heterocycles. The van der Waals surface area contributed by atoms with Gasteiger partial charge in [0.05, 0.1) is 11.0 Å². The van der Waals surface area contributed by atoms with E-state index in [9.17, 15) is 0 Å². The maximum atomic E-state index is 5.47. The smallest absolute Gasteiger partial charge is 0.238 e. The lowest BCUT2D eigenvalue weighted by atomic mass is 10.00. The summed E-state index contributed by atoms with van der Waals surface area (Å²) >= 11 is 1.80. The van der Waals surface area contributed by atoms with Crippen molar-refractivity contribution in [3.8, 4) is 28.7 Å². The SMILES string of the molecule is c1ccc(-c2nc(-c3cc4ccccc4c4c3sc3ccccc34)nc(-n3c4ccc(N(c5ccccc5)c5ccccc5)cc4c4c5ccccc5ccc43)n2)cc1. The quantitative estimate of drug-likeness (QED) is 0.169. The topological polar surface area (TPSA) is 46.8 Å². The lowest BCUT2D eigenvalue weighted by molar-refractivity contribution is 0.955. The molecule has 0 saturated heterocycles. The highest BCUT2D eigenvalue weighted by Crippen LogP contribution is 2.45. The van der Waals surface area contributed by atoms with Crippen molar-refractivity contribution in [3.63, 3.8) is 0 Å². The van der Waals surface area contributed by atoms with Crippen LogP contribution in [0.3, 0.4) is 0 Å². The highest BCUT2D eigenvalue weighted by molar-refractivity contribution is 7.26. The second-order valence-corrected chi connectivity index (χ2v) is 15.9. The Morgan fingerprint density at radius 1 is 0.407 bits per heavy atom. The monoisotopic (exact) mass is 771 g/mol. The summed E-state index contributed by atoms with van der Waals surface area (Å²) in [5.74, 6) is 1.84. The Morgan fingerprint density at radius 3 is 1.75 bits per heavy atom. The van der Waals surface area contributed by atoms with Crippen LogP contribution in [0, 0.1) is 0 Å². The molecular formula is C53H33N5S. The molecule has 0 fully saturated rings. The average molecular weight is 772 g/mol. The first kappa shape index (κ1) is 33.5. The predicted molar refractivity (Wildman–Crippen MR) is 248 cm³/mol. The summed E-state index contributed by atoms with van der Waals surface area (Å²) in [5, 5.41) is 9.49. The maximum Gasteiger partial charge on any atom is 0.238 e. The van der Waals surface area contributed by atoms with Crippen molar-refractivity contribution >= 4 is 91.9 Å². The van der Waals surface area contributed by atoms with Crippen LogP contribution in [0.2, 0.25) is 0 Å². The van der Waals surface area contributed by atoms with Crippen LogP contribution in [0.15, 0.2) is 200 Å². The van der Waals surface area contributed by atoms with E-state index in [2.05, 4.69) is 191 Å². The summed E-state index contributed by atoms with van der Waals surface area (Å²) in [6.45, 7) is 0. The van der Waals surface area contributed by atoms with E-state index in [0.717, 1.165) is 55.4 Å². The molecule has 6 heteroatoms. The van der Waals surface area contributed by atoms with Crippen molar-refractivity contribution in [2.45, 2.75) is 0 Å². The number of nitrogens with zero attached hydrogens (tertiary/aromatic N) is 5. The lowest BCUT2D eigenvalue weighted by Crippen LogP contribution is -2.09. The van der Waals surface area contributed by atoms with Gasteiger partial charge in [-0.1, -0.05) is 140 Å².